The Morgan fingerprint density at radius 1 is 1.33 bits per heavy atom. The van der Waals surface area contributed by atoms with Gasteiger partial charge in [-0.3, -0.25) is 4.79 Å². The standard InChI is InChI=1S/C12H13FN4O/c1-12(2,8-3-5-9(13)6-4-8)15-11(18)10-7-14-17-16-10/h3-7H,1-2H3,(H,15,18)(H,14,16,17). The van der Waals surface area contributed by atoms with Crippen LogP contribution in [-0.2, 0) is 5.54 Å². The fourth-order valence-corrected chi connectivity index (χ4v) is 1.60. The summed E-state index contributed by atoms with van der Waals surface area (Å²) in [6, 6.07) is 6.00. The van der Waals surface area contributed by atoms with Crippen molar-refractivity contribution >= 4 is 5.91 Å². The first-order valence-corrected chi connectivity index (χ1v) is 5.43. The zero-order valence-corrected chi connectivity index (χ0v) is 10.1. The van der Waals surface area contributed by atoms with Crippen LogP contribution in [0.4, 0.5) is 4.39 Å². The van der Waals surface area contributed by atoms with E-state index in [1.807, 2.05) is 13.8 Å². The van der Waals surface area contributed by atoms with Crippen molar-refractivity contribution in [1.29, 1.82) is 0 Å². The number of amides is 1. The van der Waals surface area contributed by atoms with Gasteiger partial charge >= 0.3 is 0 Å². The second-order valence-corrected chi connectivity index (χ2v) is 4.44. The van der Waals surface area contributed by atoms with Crippen LogP contribution in [0.3, 0.4) is 0 Å². The van der Waals surface area contributed by atoms with Crippen molar-refractivity contribution in [2.45, 2.75) is 19.4 Å². The number of halogens is 1. The van der Waals surface area contributed by atoms with E-state index in [1.165, 1.54) is 18.3 Å². The molecular formula is C12H13FN4O. The maximum Gasteiger partial charge on any atom is 0.274 e. The Labute approximate surface area is 103 Å². The smallest absolute Gasteiger partial charge is 0.274 e. The molecule has 5 nitrogen and oxygen atoms in total. The summed E-state index contributed by atoms with van der Waals surface area (Å²) < 4.78 is 12.9. The third kappa shape index (κ3) is 2.53. The molecule has 1 aromatic heterocycles. The van der Waals surface area contributed by atoms with E-state index in [-0.39, 0.29) is 17.4 Å². The zero-order chi connectivity index (χ0) is 13.2. The van der Waals surface area contributed by atoms with Crippen LogP contribution in [-0.4, -0.2) is 21.3 Å². The Bertz CT molecular complexity index is 534. The highest BCUT2D eigenvalue weighted by Gasteiger charge is 2.24. The second-order valence-electron chi connectivity index (χ2n) is 4.44. The predicted molar refractivity (Wildman–Crippen MR) is 63.3 cm³/mol. The Morgan fingerprint density at radius 3 is 2.56 bits per heavy atom. The lowest BCUT2D eigenvalue weighted by atomic mass is 9.94. The van der Waals surface area contributed by atoms with Crippen LogP contribution in [0.1, 0.15) is 29.9 Å². The minimum Gasteiger partial charge on any atom is -0.342 e. The minimum atomic E-state index is -0.621. The highest BCUT2D eigenvalue weighted by atomic mass is 19.1. The molecule has 18 heavy (non-hydrogen) atoms. The molecule has 2 aromatic rings. The van der Waals surface area contributed by atoms with E-state index >= 15 is 0 Å². The molecule has 0 atom stereocenters. The van der Waals surface area contributed by atoms with Crippen molar-refractivity contribution in [2.75, 3.05) is 0 Å². The normalized spacial score (nSPS) is 11.3. The molecule has 0 bridgehead atoms. The van der Waals surface area contributed by atoms with Gasteiger partial charge in [0.25, 0.3) is 5.91 Å². The summed E-state index contributed by atoms with van der Waals surface area (Å²) in [5, 5.41) is 12.5. The molecule has 0 saturated carbocycles. The van der Waals surface area contributed by atoms with Gasteiger partial charge in [0.1, 0.15) is 5.82 Å². The Hall–Kier alpha value is -2.24. The van der Waals surface area contributed by atoms with Gasteiger partial charge in [-0.1, -0.05) is 12.1 Å². The van der Waals surface area contributed by atoms with Gasteiger partial charge in [0.15, 0.2) is 5.69 Å². The van der Waals surface area contributed by atoms with E-state index in [4.69, 9.17) is 0 Å². The summed E-state index contributed by atoms with van der Waals surface area (Å²) >= 11 is 0. The monoisotopic (exact) mass is 248 g/mol. The van der Waals surface area contributed by atoms with Crippen LogP contribution in [0.2, 0.25) is 0 Å². The lowest BCUT2D eigenvalue weighted by Gasteiger charge is -2.26. The van der Waals surface area contributed by atoms with Crippen molar-refractivity contribution < 1.29 is 9.18 Å². The summed E-state index contributed by atoms with van der Waals surface area (Å²) in [7, 11) is 0. The van der Waals surface area contributed by atoms with E-state index in [1.54, 1.807) is 12.1 Å². The third-order valence-electron chi connectivity index (χ3n) is 2.64. The van der Waals surface area contributed by atoms with Gasteiger partial charge in [-0.2, -0.15) is 15.4 Å². The van der Waals surface area contributed by atoms with Gasteiger partial charge in [-0.05, 0) is 31.5 Å². The molecule has 2 rings (SSSR count). The number of nitrogens with zero attached hydrogens (tertiary/aromatic N) is 2. The number of H-pyrrole nitrogens is 1. The highest BCUT2D eigenvalue weighted by Crippen LogP contribution is 2.20. The number of nitrogens with one attached hydrogen (secondary N) is 2. The van der Waals surface area contributed by atoms with E-state index in [2.05, 4.69) is 20.7 Å². The van der Waals surface area contributed by atoms with Gasteiger partial charge in [0.2, 0.25) is 0 Å². The van der Waals surface area contributed by atoms with Crippen LogP contribution in [0.15, 0.2) is 30.5 Å². The molecule has 0 aliphatic rings. The van der Waals surface area contributed by atoms with Gasteiger partial charge in [0, 0.05) is 0 Å². The van der Waals surface area contributed by atoms with Crippen LogP contribution in [0.5, 0.6) is 0 Å². The number of carbonyl (C=O) groups excluding carboxylic acids is 1. The van der Waals surface area contributed by atoms with Gasteiger partial charge in [-0.25, -0.2) is 4.39 Å². The summed E-state index contributed by atoms with van der Waals surface area (Å²) in [6.07, 6.45) is 1.34. The molecule has 94 valence electrons. The van der Waals surface area contributed by atoms with E-state index in [9.17, 15) is 9.18 Å². The molecule has 1 aromatic carbocycles. The van der Waals surface area contributed by atoms with Crippen LogP contribution in [0.25, 0.3) is 0 Å². The van der Waals surface area contributed by atoms with Crippen molar-refractivity contribution in [3.05, 3.63) is 47.5 Å². The number of hydrogen-bond acceptors (Lipinski definition) is 3. The average molecular weight is 248 g/mol. The first-order chi connectivity index (χ1) is 8.49. The molecule has 0 radical (unpaired) electrons. The van der Waals surface area contributed by atoms with Crippen molar-refractivity contribution in [1.82, 2.24) is 20.7 Å². The van der Waals surface area contributed by atoms with Crippen molar-refractivity contribution in [3.8, 4) is 0 Å². The molecule has 1 amide bonds. The molecule has 6 heteroatoms. The topological polar surface area (TPSA) is 70.7 Å². The lowest BCUT2D eigenvalue weighted by molar-refractivity contribution is 0.0907. The molecule has 0 saturated heterocycles. The maximum absolute atomic E-state index is 12.9. The zero-order valence-electron chi connectivity index (χ0n) is 10.1. The Kier molecular flexibility index (Phi) is 3.10. The molecule has 0 aliphatic carbocycles. The number of aromatic amines is 1. The molecule has 1 heterocycles. The largest absolute Gasteiger partial charge is 0.342 e. The third-order valence-corrected chi connectivity index (χ3v) is 2.64. The first-order valence-electron chi connectivity index (χ1n) is 5.43. The Morgan fingerprint density at radius 2 is 2.00 bits per heavy atom. The Balaban J connectivity index is 2.16. The SMILES string of the molecule is CC(C)(NC(=O)c1cn[nH]n1)c1ccc(F)cc1. The van der Waals surface area contributed by atoms with Gasteiger partial charge < -0.3 is 5.32 Å². The van der Waals surface area contributed by atoms with Crippen LogP contribution >= 0.6 is 0 Å². The maximum atomic E-state index is 12.9. The van der Waals surface area contributed by atoms with E-state index < -0.39 is 5.54 Å². The molecule has 0 unspecified atom stereocenters. The van der Waals surface area contributed by atoms with Crippen molar-refractivity contribution in [2.24, 2.45) is 0 Å². The number of aromatic nitrogens is 3. The summed E-state index contributed by atoms with van der Waals surface area (Å²) in [5.41, 5.74) is 0.398. The van der Waals surface area contributed by atoms with Crippen LogP contribution < -0.4 is 5.32 Å². The fourth-order valence-electron chi connectivity index (χ4n) is 1.60. The second kappa shape index (κ2) is 4.56. The molecule has 0 aliphatic heterocycles. The fraction of sp³-hybridized carbons (Fsp3) is 0.250. The number of carbonyl (C=O) groups is 1. The molecule has 2 N–H and O–H groups in total. The van der Waals surface area contributed by atoms with E-state index in [0.717, 1.165) is 5.56 Å². The predicted octanol–water partition coefficient (Wildman–Crippen LogP) is 1.61. The number of benzene rings is 1. The summed E-state index contributed by atoms with van der Waals surface area (Å²) in [4.78, 5) is 11.9. The quantitative estimate of drug-likeness (QED) is 0.866. The molecule has 0 spiro atoms. The molecule has 0 fully saturated rings. The average Bonchev–Trinajstić information content (AvgIpc) is 2.82. The van der Waals surface area contributed by atoms with E-state index in [0.29, 0.717) is 0 Å². The number of rotatable bonds is 3. The lowest BCUT2D eigenvalue weighted by Crippen LogP contribution is -2.41. The highest BCUT2D eigenvalue weighted by molar-refractivity contribution is 5.92. The number of hydrogen-bond donors (Lipinski definition) is 2. The van der Waals surface area contributed by atoms with Gasteiger partial charge in [0.05, 0.1) is 11.7 Å². The molecular weight excluding hydrogens is 235 g/mol. The minimum absolute atomic E-state index is 0.213. The summed E-state index contributed by atoms with van der Waals surface area (Å²) in [5.74, 6) is -0.643. The van der Waals surface area contributed by atoms with Crippen molar-refractivity contribution in [3.63, 3.8) is 0 Å². The van der Waals surface area contributed by atoms with Crippen LogP contribution in [0, 0.1) is 5.82 Å². The van der Waals surface area contributed by atoms with Gasteiger partial charge in [-0.15, -0.1) is 0 Å². The first kappa shape index (κ1) is 12.2. The summed E-state index contributed by atoms with van der Waals surface area (Å²) in [6.45, 7) is 3.66.